The molecule has 0 saturated heterocycles. The molecule has 0 atom stereocenters. The molecule has 68 valence electrons. The second kappa shape index (κ2) is 3.20. The zero-order chi connectivity index (χ0) is 9.42. The van der Waals surface area contributed by atoms with Crippen molar-refractivity contribution in [3.63, 3.8) is 0 Å². The van der Waals surface area contributed by atoms with Gasteiger partial charge in [-0.15, -0.1) is 0 Å². The molecule has 0 radical (unpaired) electrons. The Kier molecular flexibility index (Phi) is 2.17. The summed E-state index contributed by atoms with van der Waals surface area (Å²) in [6, 6.07) is 5.63. The van der Waals surface area contributed by atoms with Crippen molar-refractivity contribution in [3.05, 3.63) is 23.8 Å². The summed E-state index contributed by atoms with van der Waals surface area (Å²) in [4.78, 5) is 0. The van der Waals surface area contributed by atoms with E-state index in [4.69, 9.17) is 5.73 Å². The van der Waals surface area contributed by atoms with Gasteiger partial charge in [-0.3, -0.25) is 0 Å². The van der Waals surface area contributed by atoms with Crippen LogP contribution in [0.5, 0.6) is 5.06 Å². The molecular formula is C9H8BrNOS. The Morgan fingerprint density at radius 2 is 2.15 bits per heavy atom. The monoisotopic (exact) mass is 257 g/mol. The maximum absolute atomic E-state index is 9.28. The van der Waals surface area contributed by atoms with Gasteiger partial charge in [-0.2, -0.15) is 0 Å². The Morgan fingerprint density at radius 3 is 2.85 bits per heavy atom. The summed E-state index contributed by atoms with van der Waals surface area (Å²) < 4.78 is 1.07. The minimum atomic E-state index is 0.334. The van der Waals surface area contributed by atoms with Gasteiger partial charge in [0.05, 0.1) is 0 Å². The Labute approximate surface area is 88.1 Å². The Balaban J connectivity index is 2.72. The zero-order valence-electron chi connectivity index (χ0n) is 6.75. The van der Waals surface area contributed by atoms with E-state index >= 15 is 0 Å². The average molecular weight is 258 g/mol. The summed E-state index contributed by atoms with van der Waals surface area (Å²) in [7, 11) is 0. The van der Waals surface area contributed by atoms with Gasteiger partial charge in [-0.1, -0.05) is 27.3 Å². The number of fused-ring (bicyclic) bond motifs is 1. The van der Waals surface area contributed by atoms with Crippen LogP contribution >= 0.6 is 27.3 Å². The number of benzene rings is 1. The molecule has 0 unspecified atom stereocenters. The van der Waals surface area contributed by atoms with Gasteiger partial charge in [0, 0.05) is 15.7 Å². The summed E-state index contributed by atoms with van der Waals surface area (Å²) in [6.07, 6.45) is 0. The number of hydrogen-bond donors (Lipinski definition) is 2. The third kappa shape index (κ3) is 1.51. The lowest BCUT2D eigenvalue weighted by atomic mass is 10.1. The van der Waals surface area contributed by atoms with Crippen LogP contribution in [0.25, 0.3) is 10.1 Å². The molecule has 4 heteroatoms. The predicted octanol–water partition coefficient (Wildman–Crippen LogP) is 3.08. The van der Waals surface area contributed by atoms with Crippen LogP contribution in [0.15, 0.2) is 18.2 Å². The van der Waals surface area contributed by atoms with Crippen molar-refractivity contribution in [1.29, 1.82) is 0 Å². The van der Waals surface area contributed by atoms with E-state index in [1.54, 1.807) is 6.07 Å². The molecule has 13 heavy (non-hydrogen) atoms. The number of hydrogen-bond acceptors (Lipinski definition) is 3. The van der Waals surface area contributed by atoms with Gasteiger partial charge in [0.15, 0.2) is 5.06 Å². The Morgan fingerprint density at radius 1 is 1.38 bits per heavy atom. The van der Waals surface area contributed by atoms with Crippen LogP contribution in [0.4, 0.5) is 5.69 Å². The highest BCUT2D eigenvalue weighted by Crippen LogP contribution is 2.33. The van der Waals surface area contributed by atoms with Gasteiger partial charge in [0.2, 0.25) is 0 Å². The molecule has 2 nitrogen and oxygen atoms in total. The molecule has 0 fully saturated rings. The van der Waals surface area contributed by atoms with Crippen LogP contribution in [0.3, 0.4) is 0 Å². The fraction of sp³-hybridized carbons (Fsp3) is 0.111. The molecule has 0 saturated carbocycles. The molecule has 1 aromatic heterocycles. The average Bonchev–Trinajstić information content (AvgIpc) is 2.42. The molecule has 0 spiro atoms. The van der Waals surface area contributed by atoms with Gasteiger partial charge in [-0.05, 0) is 29.1 Å². The highest BCUT2D eigenvalue weighted by atomic mass is 79.9. The first-order chi connectivity index (χ1) is 6.20. The molecule has 2 rings (SSSR count). The molecule has 1 heterocycles. The van der Waals surface area contributed by atoms with Crippen LogP contribution in [0.1, 0.15) is 5.56 Å². The maximum atomic E-state index is 9.28. The summed E-state index contributed by atoms with van der Waals surface area (Å²) in [6.45, 7) is 0. The van der Waals surface area contributed by atoms with Gasteiger partial charge in [0.1, 0.15) is 0 Å². The molecule has 2 aromatic rings. The standard InChI is InChI=1S/C9H8BrNOS/c10-4-6-2-8-5(1-7(6)11)3-9(12)13-8/h1-3,12H,4,11H2. The van der Waals surface area contributed by atoms with Crippen molar-refractivity contribution in [1.82, 2.24) is 0 Å². The number of thiophene rings is 1. The Bertz CT molecular complexity index is 452. The first-order valence-corrected chi connectivity index (χ1v) is 5.71. The van der Waals surface area contributed by atoms with Crippen molar-refractivity contribution >= 4 is 43.0 Å². The van der Waals surface area contributed by atoms with Crippen LogP contribution in [-0.4, -0.2) is 5.11 Å². The van der Waals surface area contributed by atoms with Crippen molar-refractivity contribution < 1.29 is 5.11 Å². The highest BCUT2D eigenvalue weighted by Gasteiger charge is 2.04. The van der Waals surface area contributed by atoms with E-state index in [1.807, 2.05) is 12.1 Å². The number of rotatable bonds is 1. The summed E-state index contributed by atoms with van der Waals surface area (Å²) in [5.41, 5.74) is 7.63. The molecule has 3 N–H and O–H groups in total. The minimum Gasteiger partial charge on any atom is -0.499 e. The molecule has 0 amide bonds. The SMILES string of the molecule is Nc1cc2cc(O)sc2cc1CBr. The number of nitrogen functional groups attached to an aromatic ring is 1. The van der Waals surface area contributed by atoms with Crippen molar-refractivity contribution in [2.75, 3.05) is 5.73 Å². The van der Waals surface area contributed by atoms with Crippen LogP contribution in [0, 0.1) is 0 Å². The fourth-order valence-electron chi connectivity index (χ4n) is 1.25. The third-order valence-corrected chi connectivity index (χ3v) is 3.41. The number of nitrogens with two attached hydrogens (primary N) is 1. The van der Waals surface area contributed by atoms with E-state index in [1.165, 1.54) is 11.3 Å². The molecule has 0 bridgehead atoms. The normalized spacial score (nSPS) is 10.8. The molecule has 0 aliphatic carbocycles. The van der Waals surface area contributed by atoms with Crippen molar-refractivity contribution in [2.45, 2.75) is 5.33 Å². The van der Waals surface area contributed by atoms with Crippen LogP contribution < -0.4 is 5.73 Å². The van der Waals surface area contributed by atoms with Crippen LogP contribution in [-0.2, 0) is 5.33 Å². The maximum Gasteiger partial charge on any atom is 0.172 e. The van der Waals surface area contributed by atoms with Crippen molar-refractivity contribution in [3.8, 4) is 5.06 Å². The fourth-order valence-corrected chi connectivity index (χ4v) is 2.58. The second-order valence-electron chi connectivity index (χ2n) is 2.81. The zero-order valence-corrected chi connectivity index (χ0v) is 9.15. The number of aromatic hydroxyl groups is 1. The molecule has 0 aliphatic rings. The first kappa shape index (κ1) is 8.84. The van der Waals surface area contributed by atoms with E-state index in [-0.39, 0.29) is 0 Å². The lowest BCUT2D eigenvalue weighted by molar-refractivity contribution is 0.491. The van der Waals surface area contributed by atoms with E-state index < -0.39 is 0 Å². The van der Waals surface area contributed by atoms with E-state index in [9.17, 15) is 5.11 Å². The number of halogens is 1. The smallest absolute Gasteiger partial charge is 0.172 e. The van der Waals surface area contributed by atoms with E-state index in [0.29, 0.717) is 5.06 Å². The summed E-state index contributed by atoms with van der Waals surface area (Å²) >= 11 is 4.73. The number of alkyl halides is 1. The summed E-state index contributed by atoms with van der Waals surface area (Å²) in [5.74, 6) is 0. The minimum absolute atomic E-state index is 0.334. The molecular weight excluding hydrogens is 250 g/mol. The van der Waals surface area contributed by atoms with E-state index in [2.05, 4.69) is 15.9 Å². The first-order valence-electron chi connectivity index (χ1n) is 3.77. The summed E-state index contributed by atoms with van der Waals surface area (Å²) in [5, 5.41) is 11.4. The lowest BCUT2D eigenvalue weighted by Gasteiger charge is -2.00. The topological polar surface area (TPSA) is 46.2 Å². The van der Waals surface area contributed by atoms with Gasteiger partial charge < -0.3 is 10.8 Å². The highest BCUT2D eigenvalue weighted by molar-refractivity contribution is 9.08. The Hall–Kier alpha value is -0.740. The second-order valence-corrected chi connectivity index (χ2v) is 4.43. The number of anilines is 1. The third-order valence-electron chi connectivity index (χ3n) is 1.91. The van der Waals surface area contributed by atoms with E-state index in [0.717, 1.165) is 26.7 Å². The quantitative estimate of drug-likeness (QED) is 0.610. The molecule has 0 aliphatic heterocycles. The van der Waals surface area contributed by atoms with Gasteiger partial charge in [0.25, 0.3) is 0 Å². The van der Waals surface area contributed by atoms with Crippen LogP contribution in [0.2, 0.25) is 0 Å². The predicted molar refractivity (Wildman–Crippen MR) is 60.5 cm³/mol. The van der Waals surface area contributed by atoms with Gasteiger partial charge in [-0.25, -0.2) is 0 Å². The lowest BCUT2D eigenvalue weighted by Crippen LogP contribution is -1.90. The van der Waals surface area contributed by atoms with Crippen molar-refractivity contribution in [2.24, 2.45) is 0 Å². The van der Waals surface area contributed by atoms with Gasteiger partial charge >= 0.3 is 0 Å². The molecule has 1 aromatic carbocycles. The largest absolute Gasteiger partial charge is 0.499 e.